The Kier molecular flexibility index (Phi) is 4.15. The van der Waals surface area contributed by atoms with Crippen molar-refractivity contribution in [3.8, 4) is 5.75 Å². The third-order valence-corrected chi connectivity index (χ3v) is 3.23. The fraction of sp³-hybridized carbons (Fsp3) is 0.538. The molecule has 1 aromatic rings. The number of rotatable bonds is 2. The molecule has 1 aliphatic heterocycles. The lowest BCUT2D eigenvalue weighted by Gasteiger charge is -2.20. The van der Waals surface area contributed by atoms with Crippen LogP contribution in [-0.4, -0.2) is 52.0 Å². The molecular weight excluding hydrogens is 230 g/mol. The van der Waals surface area contributed by atoms with Gasteiger partial charge in [0.15, 0.2) is 0 Å². The van der Waals surface area contributed by atoms with Crippen molar-refractivity contribution in [1.82, 2.24) is 14.8 Å². The molecule has 0 spiro atoms. The number of aromatic nitrogens is 1. The van der Waals surface area contributed by atoms with E-state index in [4.69, 9.17) is 0 Å². The zero-order valence-electron chi connectivity index (χ0n) is 10.7. The summed E-state index contributed by atoms with van der Waals surface area (Å²) >= 11 is 0. The third kappa shape index (κ3) is 3.43. The van der Waals surface area contributed by atoms with Crippen molar-refractivity contribution in [2.24, 2.45) is 0 Å². The Bertz CT molecular complexity index is 405. The van der Waals surface area contributed by atoms with Gasteiger partial charge in [0.25, 0.3) is 0 Å². The highest BCUT2D eigenvalue weighted by Gasteiger charge is 2.16. The summed E-state index contributed by atoms with van der Waals surface area (Å²) < 4.78 is 0. The van der Waals surface area contributed by atoms with Crippen molar-refractivity contribution in [1.29, 1.82) is 0 Å². The Balaban J connectivity index is 1.90. The molecule has 0 atom stereocenters. The number of aromatic hydroxyl groups is 1. The summed E-state index contributed by atoms with van der Waals surface area (Å²) in [6, 6.07) is 3.49. The van der Waals surface area contributed by atoms with Crippen molar-refractivity contribution in [2.45, 2.75) is 19.9 Å². The number of nitrogens with zero attached hydrogens (tertiary/aromatic N) is 3. The van der Waals surface area contributed by atoms with Gasteiger partial charge in [0.2, 0.25) is 5.91 Å². The van der Waals surface area contributed by atoms with Crippen LogP contribution in [-0.2, 0) is 11.3 Å². The minimum Gasteiger partial charge on any atom is -0.506 e. The van der Waals surface area contributed by atoms with Crippen LogP contribution in [0.1, 0.15) is 19.0 Å². The molecule has 5 heteroatoms. The Hall–Kier alpha value is -1.62. The monoisotopic (exact) mass is 249 g/mol. The minimum absolute atomic E-state index is 0.152. The molecule has 0 bridgehead atoms. The molecular formula is C13H19N3O2. The summed E-state index contributed by atoms with van der Waals surface area (Å²) in [5, 5.41) is 9.18. The number of carbonyl (C=O) groups excluding carboxylic acids is 1. The van der Waals surface area contributed by atoms with Crippen molar-refractivity contribution < 1.29 is 9.90 Å². The van der Waals surface area contributed by atoms with Crippen LogP contribution in [0.5, 0.6) is 5.75 Å². The smallest absolute Gasteiger partial charge is 0.219 e. The van der Waals surface area contributed by atoms with Gasteiger partial charge in [-0.25, -0.2) is 0 Å². The first kappa shape index (κ1) is 12.8. The van der Waals surface area contributed by atoms with Crippen LogP contribution >= 0.6 is 0 Å². The molecule has 0 aromatic carbocycles. The fourth-order valence-electron chi connectivity index (χ4n) is 2.18. The molecule has 18 heavy (non-hydrogen) atoms. The molecule has 0 aliphatic carbocycles. The quantitative estimate of drug-likeness (QED) is 0.844. The lowest BCUT2D eigenvalue weighted by Crippen LogP contribution is -2.33. The topological polar surface area (TPSA) is 56.7 Å². The first-order valence-corrected chi connectivity index (χ1v) is 6.27. The van der Waals surface area contributed by atoms with Crippen LogP contribution in [0.4, 0.5) is 0 Å². The normalized spacial score (nSPS) is 17.5. The zero-order chi connectivity index (χ0) is 13.0. The van der Waals surface area contributed by atoms with E-state index in [1.807, 2.05) is 11.0 Å². The number of hydrogen-bond donors (Lipinski definition) is 1. The lowest BCUT2D eigenvalue weighted by molar-refractivity contribution is -0.128. The molecule has 1 aromatic heterocycles. The highest BCUT2D eigenvalue weighted by Crippen LogP contribution is 2.10. The second-order valence-corrected chi connectivity index (χ2v) is 4.64. The molecule has 1 N–H and O–H groups in total. The Labute approximate surface area is 107 Å². The number of amides is 1. The predicted octanol–water partition coefficient (Wildman–Crippen LogP) is 0.841. The molecule has 1 amide bonds. The molecule has 1 aliphatic rings. The van der Waals surface area contributed by atoms with Crippen LogP contribution in [0.2, 0.25) is 0 Å². The summed E-state index contributed by atoms with van der Waals surface area (Å²) in [4.78, 5) is 19.7. The van der Waals surface area contributed by atoms with E-state index in [1.165, 1.54) is 6.20 Å². The first-order valence-electron chi connectivity index (χ1n) is 6.27. The van der Waals surface area contributed by atoms with Crippen molar-refractivity contribution in [2.75, 3.05) is 26.2 Å². The van der Waals surface area contributed by atoms with Crippen LogP contribution in [0, 0.1) is 0 Å². The molecule has 2 rings (SSSR count). The van der Waals surface area contributed by atoms with Gasteiger partial charge in [-0.15, -0.1) is 0 Å². The fourth-order valence-corrected chi connectivity index (χ4v) is 2.18. The molecule has 1 saturated heterocycles. The van der Waals surface area contributed by atoms with E-state index in [2.05, 4.69) is 9.88 Å². The summed E-state index contributed by atoms with van der Waals surface area (Å²) in [7, 11) is 0. The zero-order valence-corrected chi connectivity index (χ0v) is 10.7. The van der Waals surface area contributed by atoms with Crippen molar-refractivity contribution in [3.63, 3.8) is 0 Å². The van der Waals surface area contributed by atoms with Gasteiger partial charge in [-0.2, -0.15) is 0 Å². The summed E-state index contributed by atoms with van der Waals surface area (Å²) in [5.41, 5.74) is 0.948. The van der Waals surface area contributed by atoms with Crippen LogP contribution in [0.3, 0.4) is 0 Å². The predicted molar refractivity (Wildman–Crippen MR) is 68.0 cm³/mol. The van der Waals surface area contributed by atoms with E-state index >= 15 is 0 Å². The van der Waals surface area contributed by atoms with Gasteiger partial charge in [0.05, 0.1) is 11.9 Å². The Morgan fingerprint density at radius 3 is 2.83 bits per heavy atom. The summed E-state index contributed by atoms with van der Waals surface area (Å²) in [6.07, 6.45) is 2.46. The van der Waals surface area contributed by atoms with E-state index < -0.39 is 0 Å². The molecule has 5 nitrogen and oxygen atoms in total. The third-order valence-electron chi connectivity index (χ3n) is 3.23. The number of carbonyl (C=O) groups is 1. The minimum atomic E-state index is 0.152. The second-order valence-electron chi connectivity index (χ2n) is 4.64. The summed E-state index contributed by atoms with van der Waals surface area (Å²) in [6.45, 7) is 5.87. The SMILES string of the molecule is CC(=O)N1CCCN(Cc2ccc(O)cn2)CC1. The molecule has 0 radical (unpaired) electrons. The Morgan fingerprint density at radius 2 is 2.17 bits per heavy atom. The van der Waals surface area contributed by atoms with Gasteiger partial charge >= 0.3 is 0 Å². The lowest BCUT2D eigenvalue weighted by atomic mass is 10.3. The van der Waals surface area contributed by atoms with Crippen molar-refractivity contribution >= 4 is 5.91 Å². The van der Waals surface area contributed by atoms with Gasteiger partial charge in [-0.3, -0.25) is 14.7 Å². The Morgan fingerprint density at radius 1 is 1.33 bits per heavy atom. The van der Waals surface area contributed by atoms with E-state index in [0.29, 0.717) is 0 Å². The standard InChI is InChI=1S/C13H19N3O2/c1-11(17)16-6-2-5-15(7-8-16)10-12-3-4-13(18)9-14-12/h3-4,9,18H,2,5-8,10H2,1H3. The number of hydrogen-bond acceptors (Lipinski definition) is 4. The molecule has 98 valence electrons. The van der Waals surface area contributed by atoms with Gasteiger partial charge in [-0.05, 0) is 18.6 Å². The maximum absolute atomic E-state index is 11.3. The maximum atomic E-state index is 11.3. The average Bonchev–Trinajstić information content (AvgIpc) is 2.58. The molecule has 0 unspecified atom stereocenters. The summed E-state index contributed by atoms with van der Waals surface area (Å²) in [5.74, 6) is 0.344. The highest BCUT2D eigenvalue weighted by atomic mass is 16.3. The van der Waals surface area contributed by atoms with Gasteiger partial charge in [0, 0.05) is 39.6 Å². The van der Waals surface area contributed by atoms with Gasteiger partial charge < -0.3 is 10.0 Å². The van der Waals surface area contributed by atoms with E-state index in [1.54, 1.807) is 13.0 Å². The van der Waals surface area contributed by atoms with Gasteiger partial charge in [-0.1, -0.05) is 0 Å². The van der Waals surface area contributed by atoms with Gasteiger partial charge in [0.1, 0.15) is 5.75 Å². The maximum Gasteiger partial charge on any atom is 0.219 e. The van der Waals surface area contributed by atoms with Crippen LogP contribution in [0.15, 0.2) is 18.3 Å². The van der Waals surface area contributed by atoms with Crippen LogP contribution < -0.4 is 0 Å². The van der Waals surface area contributed by atoms with E-state index in [9.17, 15) is 9.90 Å². The second kappa shape index (κ2) is 5.82. The number of pyridine rings is 1. The van der Waals surface area contributed by atoms with Crippen molar-refractivity contribution in [3.05, 3.63) is 24.0 Å². The highest BCUT2D eigenvalue weighted by molar-refractivity contribution is 5.73. The van der Waals surface area contributed by atoms with E-state index in [0.717, 1.165) is 44.8 Å². The first-order chi connectivity index (χ1) is 8.65. The largest absolute Gasteiger partial charge is 0.506 e. The van der Waals surface area contributed by atoms with Crippen LogP contribution in [0.25, 0.3) is 0 Å². The average molecular weight is 249 g/mol. The molecule has 0 saturated carbocycles. The van der Waals surface area contributed by atoms with E-state index in [-0.39, 0.29) is 11.7 Å². The molecule has 1 fully saturated rings. The molecule has 2 heterocycles.